The van der Waals surface area contributed by atoms with E-state index in [4.69, 9.17) is 16.3 Å². The van der Waals surface area contributed by atoms with E-state index in [1.165, 1.54) is 6.92 Å². The van der Waals surface area contributed by atoms with Crippen molar-refractivity contribution < 1.29 is 19.1 Å². The van der Waals surface area contributed by atoms with Crippen molar-refractivity contribution >= 4 is 32.1 Å². The third kappa shape index (κ3) is 6.51. The van der Waals surface area contributed by atoms with Gasteiger partial charge in [-0.25, -0.2) is 9.59 Å². The summed E-state index contributed by atoms with van der Waals surface area (Å²) < 4.78 is 9.17. The summed E-state index contributed by atoms with van der Waals surface area (Å²) >= 11 is 5.59. The standard InChI is InChI=1S/C9H16ClO4Si/c1-9(10,14-7-11)8(12)13-5-6-15(2,3)4/h5-6H2,1-4H3. The first-order chi connectivity index (χ1) is 6.69. The third-order valence-electron chi connectivity index (χ3n) is 1.68. The van der Waals surface area contributed by atoms with Gasteiger partial charge in [0.05, 0.1) is 6.61 Å². The Bertz CT molecular complexity index is 235. The van der Waals surface area contributed by atoms with Crippen LogP contribution in [0.4, 0.5) is 0 Å². The van der Waals surface area contributed by atoms with Crippen molar-refractivity contribution in [3.05, 3.63) is 0 Å². The van der Waals surface area contributed by atoms with Crippen molar-refractivity contribution in [1.82, 2.24) is 0 Å². The first kappa shape index (κ1) is 14.4. The van der Waals surface area contributed by atoms with Gasteiger partial charge in [-0.1, -0.05) is 31.2 Å². The van der Waals surface area contributed by atoms with Crippen LogP contribution in [-0.4, -0.2) is 32.2 Å². The number of hydrogen-bond acceptors (Lipinski definition) is 4. The highest BCUT2D eigenvalue weighted by Gasteiger charge is 2.35. The van der Waals surface area contributed by atoms with Crippen molar-refractivity contribution in [3.63, 3.8) is 0 Å². The van der Waals surface area contributed by atoms with Crippen LogP contribution in [0.3, 0.4) is 0 Å². The van der Waals surface area contributed by atoms with E-state index in [9.17, 15) is 9.59 Å². The van der Waals surface area contributed by atoms with Crippen LogP contribution < -0.4 is 0 Å². The molecule has 0 saturated heterocycles. The van der Waals surface area contributed by atoms with Crippen LogP contribution >= 0.6 is 11.6 Å². The molecular formula is C9H16ClO4Si. The maximum Gasteiger partial charge on any atom is 0.419 e. The van der Waals surface area contributed by atoms with Crippen LogP contribution in [0.15, 0.2) is 0 Å². The second kappa shape index (κ2) is 5.51. The number of carbonyl (C=O) groups is 1. The number of rotatable bonds is 6. The zero-order valence-corrected chi connectivity index (χ0v) is 11.2. The smallest absolute Gasteiger partial charge is 0.419 e. The van der Waals surface area contributed by atoms with Crippen LogP contribution in [0.25, 0.3) is 0 Å². The first-order valence-corrected chi connectivity index (χ1v) is 8.69. The SMILES string of the molecule is CC(Cl)(O[C]=O)C(=O)OCC[Si](C)(C)C. The summed E-state index contributed by atoms with van der Waals surface area (Å²) in [6.45, 7) is 9.16. The van der Waals surface area contributed by atoms with Gasteiger partial charge in [0.1, 0.15) is 0 Å². The maximum atomic E-state index is 11.3. The molecule has 6 heteroatoms. The molecule has 0 aliphatic carbocycles. The predicted molar refractivity (Wildman–Crippen MR) is 60.1 cm³/mol. The van der Waals surface area contributed by atoms with Crippen LogP contribution in [0.5, 0.6) is 0 Å². The van der Waals surface area contributed by atoms with Crippen LogP contribution in [-0.2, 0) is 19.1 Å². The lowest BCUT2D eigenvalue weighted by Crippen LogP contribution is -2.35. The van der Waals surface area contributed by atoms with Gasteiger partial charge in [0.2, 0.25) is 0 Å². The fourth-order valence-corrected chi connectivity index (χ4v) is 1.50. The van der Waals surface area contributed by atoms with E-state index in [-0.39, 0.29) is 0 Å². The summed E-state index contributed by atoms with van der Waals surface area (Å²) in [5.41, 5.74) is 0. The Labute approximate surface area is 95.9 Å². The molecule has 87 valence electrons. The zero-order valence-electron chi connectivity index (χ0n) is 9.43. The first-order valence-electron chi connectivity index (χ1n) is 4.60. The van der Waals surface area contributed by atoms with Crippen molar-refractivity contribution in [3.8, 4) is 0 Å². The van der Waals surface area contributed by atoms with E-state index < -0.39 is 19.1 Å². The minimum atomic E-state index is -1.76. The molecule has 1 unspecified atom stereocenters. The highest BCUT2D eigenvalue weighted by molar-refractivity contribution is 6.76. The van der Waals surface area contributed by atoms with Gasteiger partial charge in [-0.15, -0.1) is 0 Å². The molecule has 0 aromatic rings. The lowest BCUT2D eigenvalue weighted by Gasteiger charge is -2.19. The van der Waals surface area contributed by atoms with E-state index >= 15 is 0 Å². The van der Waals surface area contributed by atoms with E-state index in [1.807, 2.05) is 0 Å². The van der Waals surface area contributed by atoms with Crippen LogP contribution in [0.1, 0.15) is 6.92 Å². The average molecular weight is 252 g/mol. The largest absolute Gasteiger partial charge is 0.462 e. The lowest BCUT2D eigenvalue weighted by molar-refractivity contribution is -0.154. The molecule has 0 aromatic heterocycles. The van der Waals surface area contributed by atoms with Crippen molar-refractivity contribution in [2.24, 2.45) is 0 Å². The molecule has 0 aliphatic heterocycles. The van der Waals surface area contributed by atoms with Gasteiger partial charge in [0, 0.05) is 15.0 Å². The van der Waals surface area contributed by atoms with Crippen LogP contribution in [0.2, 0.25) is 25.7 Å². The highest BCUT2D eigenvalue weighted by atomic mass is 35.5. The minimum absolute atomic E-state index is 0.305. The summed E-state index contributed by atoms with van der Waals surface area (Å²) in [5, 5.41) is -1.76. The summed E-state index contributed by atoms with van der Waals surface area (Å²) in [6, 6.07) is 0.844. The molecule has 0 amide bonds. The Balaban J connectivity index is 3.99. The molecule has 1 atom stereocenters. The Morgan fingerprint density at radius 1 is 1.47 bits per heavy atom. The molecule has 0 fully saturated rings. The average Bonchev–Trinajstić information content (AvgIpc) is 2.01. The summed E-state index contributed by atoms with van der Waals surface area (Å²) in [4.78, 5) is 21.2. The topological polar surface area (TPSA) is 52.6 Å². The summed E-state index contributed by atoms with van der Waals surface area (Å²) in [7, 11) is -1.24. The molecule has 0 aromatic carbocycles. The molecule has 15 heavy (non-hydrogen) atoms. The normalized spacial score (nSPS) is 15.3. The van der Waals surface area contributed by atoms with E-state index in [2.05, 4.69) is 24.4 Å². The van der Waals surface area contributed by atoms with Gasteiger partial charge in [-0.05, 0) is 6.04 Å². The van der Waals surface area contributed by atoms with E-state index in [0.29, 0.717) is 6.61 Å². The van der Waals surface area contributed by atoms with Gasteiger partial charge in [-0.3, -0.25) is 0 Å². The van der Waals surface area contributed by atoms with Gasteiger partial charge >= 0.3 is 12.4 Å². The molecule has 0 N–H and O–H groups in total. The molecule has 0 heterocycles. The van der Waals surface area contributed by atoms with Crippen molar-refractivity contribution in [1.29, 1.82) is 0 Å². The van der Waals surface area contributed by atoms with Crippen LogP contribution in [0, 0.1) is 0 Å². The Morgan fingerprint density at radius 2 is 2.00 bits per heavy atom. The maximum absolute atomic E-state index is 11.3. The van der Waals surface area contributed by atoms with E-state index in [1.54, 1.807) is 0 Å². The molecule has 0 saturated carbocycles. The molecular weight excluding hydrogens is 236 g/mol. The number of carbonyl (C=O) groups excluding carboxylic acids is 2. The van der Waals surface area contributed by atoms with Crippen molar-refractivity contribution in [2.75, 3.05) is 6.61 Å². The molecule has 0 rings (SSSR count). The minimum Gasteiger partial charge on any atom is -0.462 e. The second-order valence-electron chi connectivity index (χ2n) is 4.55. The van der Waals surface area contributed by atoms with E-state index in [0.717, 1.165) is 12.5 Å². The Hall–Kier alpha value is -0.553. The highest BCUT2D eigenvalue weighted by Crippen LogP contribution is 2.18. The molecule has 0 aliphatic rings. The third-order valence-corrected chi connectivity index (χ3v) is 3.62. The monoisotopic (exact) mass is 251 g/mol. The van der Waals surface area contributed by atoms with Gasteiger partial charge < -0.3 is 9.47 Å². The number of ether oxygens (including phenoxy) is 2. The van der Waals surface area contributed by atoms with Gasteiger partial charge in [0.25, 0.3) is 5.06 Å². The van der Waals surface area contributed by atoms with Gasteiger partial charge in [0.15, 0.2) is 0 Å². The quantitative estimate of drug-likeness (QED) is 0.411. The Morgan fingerprint density at radius 3 is 2.40 bits per heavy atom. The molecule has 4 nitrogen and oxygen atoms in total. The molecule has 1 radical (unpaired) electrons. The fraction of sp³-hybridized carbons (Fsp3) is 0.778. The van der Waals surface area contributed by atoms with Gasteiger partial charge in [-0.2, -0.15) is 0 Å². The predicted octanol–water partition coefficient (Wildman–Crippen LogP) is 1.91. The number of alkyl halides is 1. The fourth-order valence-electron chi connectivity index (χ4n) is 0.699. The molecule has 0 bridgehead atoms. The lowest BCUT2D eigenvalue weighted by atomic mass is 10.4. The number of hydrogen-bond donors (Lipinski definition) is 0. The second-order valence-corrected chi connectivity index (χ2v) is 10.9. The van der Waals surface area contributed by atoms with Crippen molar-refractivity contribution in [2.45, 2.75) is 37.7 Å². The Kier molecular flexibility index (Phi) is 5.31. The summed E-state index contributed by atoms with van der Waals surface area (Å²) in [5.74, 6) is -0.759. The number of esters is 1. The summed E-state index contributed by atoms with van der Waals surface area (Å²) in [6.07, 6.45) is 0. The zero-order chi connectivity index (χ0) is 12.1. The molecule has 0 spiro atoms. The number of halogens is 1.